The Morgan fingerprint density at radius 2 is 1.21 bits per heavy atom. The van der Waals surface area contributed by atoms with Crippen molar-refractivity contribution in [3.8, 4) is 0 Å². The lowest BCUT2D eigenvalue weighted by molar-refractivity contribution is 0.211. The molecule has 0 heterocycles. The van der Waals surface area contributed by atoms with Crippen molar-refractivity contribution in [3.05, 3.63) is 0 Å². The zero-order chi connectivity index (χ0) is 9.97. The highest BCUT2D eigenvalue weighted by molar-refractivity contribution is 5.93. The van der Waals surface area contributed by atoms with E-state index < -0.39 is 0 Å². The van der Waals surface area contributed by atoms with Crippen molar-refractivity contribution in [2.75, 3.05) is 14.2 Å². The van der Waals surface area contributed by atoms with E-state index in [2.05, 4.69) is 10.3 Å². The number of rotatable bonds is 2. The van der Waals surface area contributed by atoms with Gasteiger partial charge in [0, 0.05) is 0 Å². The quantitative estimate of drug-likeness (QED) is 0.632. The van der Waals surface area contributed by atoms with Crippen molar-refractivity contribution >= 4 is 11.4 Å². The fourth-order valence-electron chi connectivity index (χ4n) is 2.60. The fraction of sp³-hybridized carbons (Fsp3) is 0.800. The van der Waals surface area contributed by atoms with Gasteiger partial charge in [-0.2, -0.15) is 0 Å². The van der Waals surface area contributed by atoms with E-state index in [1.54, 1.807) is 14.2 Å². The molecule has 78 valence electrons. The molecule has 2 rings (SSSR count). The summed E-state index contributed by atoms with van der Waals surface area (Å²) >= 11 is 0. The summed E-state index contributed by atoms with van der Waals surface area (Å²) in [5.41, 5.74) is 2.41. The molecule has 0 spiro atoms. The van der Waals surface area contributed by atoms with E-state index in [0.717, 1.165) is 37.5 Å². The molecule has 0 amide bonds. The van der Waals surface area contributed by atoms with E-state index in [-0.39, 0.29) is 0 Å². The number of hydrogen-bond donors (Lipinski definition) is 0. The van der Waals surface area contributed by atoms with Crippen LogP contribution in [0.25, 0.3) is 0 Å². The second-order valence-corrected chi connectivity index (χ2v) is 4.02. The Bertz CT molecular complexity index is 229. The second kappa shape index (κ2) is 3.98. The standard InChI is InChI=1S/C10H16N2O2/c1-13-11-9-3-7-5-10(12-14-2)6-8(7)4-9/h7-8H,3-6H2,1-2H3. The van der Waals surface area contributed by atoms with Crippen LogP contribution in [0.4, 0.5) is 0 Å². The van der Waals surface area contributed by atoms with E-state index in [4.69, 9.17) is 9.68 Å². The number of nitrogens with zero attached hydrogens (tertiary/aromatic N) is 2. The van der Waals surface area contributed by atoms with E-state index in [1.807, 2.05) is 0 Å². The van der Waals surface area contributed by atoms with Gasteiger partial charge in [0.25, 0.3) is 0 Å². The molecular weight excluding hydrogens is 180 g/mol. The first kappa shape index (κ1) is 9.49. The average Bonchev–Trinajstić information content (AvgIpc) is 2.62. The van der Waals surface area contributed by atoms with Gasteiger partial charge in [0.2, 0.25) is 0 Å². The Morgan fingerprint density at radius 3 is 1.50 bits per heavy atom. The van der Waals surface area contributed by atoms with Crippen LogP contribution in [0.2, 0.25) is 0 Å². The topological polar surface area (TPSA) is 43.2 Å². The molecule has 0 N–H and O–H groups in total. The van der Waals surface area contributed by atoms with Gasteiger partial charge in [0.05, 0.1) is 11.4 Å². The van der Waals surface area contributed by atoms with E-state index in [0.29, 0.717) is 0 Å². The summed E-state index contributed by atoms with van der Waals surface area (Å²) in [6, 6.07) is 0. The minimum Gasteiger partial charge on any atom is -0.399 e. The van der Waals surface area contributed by atoms with Crippen LogP contribution in [0.15, 0.2) is 10.3 Å². The molecular formula is C10H16N2O2. The normalized spacial score (nSPS) is 30.1. The van der Waals surface area contributed by atoms with Crippen LogP contribution in [-0.2, 0) is 9.68 Å². The Balaban J connectivity index is 1.96. The van der Waals surface area contributed by atoms with Crippen molar-refractivity contribution in [2.45, 2.75) is 25.7 Å². The molecule has 0 bridgehead atoms. The zero-order valence-electron chi connectivity index (χ0n) is 8.69. The van der Waals surface area contributed by atoms with E-state index >= 15 is 0 Å². The molecule has 0 aromatic rings. The first-order valence-electron chi connectivity index (χ1n) is 5.01. The van der Waals surface area contributed by atoms with Crippen LogP contribution in [-0.4, -0.2) is 25.6 Å². The molecule has 0 aromatic carbocycles. The minimum absolute atomic E-state index is 0.720. The Labute approximate surface area is 83.9 Å². The van der Waals surface area contributed by atoms with Gasteiger partial charge in [0.1, 0.15) is 14.2 Å². The predicted octanol–water partition coefficient (Wildman–Crippen LogP) is 1.81. The third-order valence-corrected chi connectivity index (χ3v) is 3.10. The van der Waals surface area contributed by atoms with Crippen molar-refractivity contribution in [1.82, 2.24) is 0 Å². The lowest BCUT2D eigenvalue weighted by Gasteiger charge is -2.02. The van der Waals surface area contributed by atoms with Crippen molar-refractivity contribution in [1.29, 1.82) is 0 Å². The molecule has 4 heteroatoms. The van der Waals surface area contributed by atoms with Crippen molar-refractivity contribution in [3.63, 3.8) is 0 Å². The molecule has 2 aliphatic carbocycles. The van der Waals surface area contributed by atoms with E-state index in [1.165, 1.54) is 11.4 Å². The summed E-state index contributed by atoms with van der Waals surface area (Å²) in [4.78, 5) is 9.60. The Kier molecular flexibility index (Phi) is 2.70. The van der Waals surface area contributed by atoms with Gasteiger partial charge in [-0.3, -0.25) is 0 Å². The Hall–Kier alpha value is -1.06. The summed E-state index contributed by atoms with van der Waals surface area (Å²) in [7, 11) is 3.22. The minimum atomic E-state index is 0.720. The number of hydrogen-bond acceptors (Lipinski definition) is 4. The molecule has 0 aromatic heterocycles. The van der Waals surface area contributed by atoms with Gasteiger partial charge >= 0.3 is 0 Å². The summed E-state index contributed by atoms with van der Waals surface area (Å²) in [6.07, 6.45) is 4.28. The molecule has 2 fully saturated rings. The zero-order valence-corrected chi connectivity index (χ0v) is 8.69. The highest BCUT2D eigenvalue weighted by Crippen LogP contribution is 2.41. The van der Waals surface area contributed by atoms with Gasteiger partial charge in [-0.15, -0.1) is 0 Å². The summed E-state index contributed by atoms with van der Waals surface area (Å²) in [5, 5.41) is 8.05. The summed E-state index contributed by atoms with van der Waals surface area (Å²) < 4.78 is 0. The third kappa shape index (κ3) is 1.74. The van der Waals surface area contributed by atoms with Crippen LogP contribution in [0.5, 0.6) is 0 Å². The maximum atomic E-state index is 4.80. The van der Waals surface area contributed by atoms with Gasteiger partial charge in [-0.25, -0.2) is 0 Å². The van der Waals surface area contributed by atoms with Crippen LogP contribution in [0.3, 0.4) is 0 Å². The smallest absolute Gasteiger partial charge is 0.106 e. The predicted molar refractivity (Wildman–Crippen MR) is 54.3 cm³/mol. The fourth-order valence-corrected chi connectivity index (χ4v) is 2.60. The molecule has 14 heavy (non-hydrogen) atoms. The summed E-state index contributed by atoms with van der Waals surface area (Å²) in [5.74, 6) is 1.44. The largest absolute Gasteiger partial charge is 0.399 e. The molecule has 0 atom stereocenters. The lowest BCUT2D eigenvalue weighted by Crippen LogP contribution is -1.99. The number of oxime groups is 2. The van der Waals surface area contributed by atoms with Crippen LogP contribution in [0, 0.1) is 11.8 Å². The van der Waals surface area contributed by atoms with Gasteiger partial charge in [0.15, 0.2) is 0 Å². The third-order valence-electron chi connectivity index (χ3n) is 3.10. The Morgan fingerprint density at radius 1 is 0.857 bits per heavy atom. The van der Waals surface area contributed by atoms with Gasteiger partial charge in [-0.1, -0.05) is 10.3 Å². The van der Waals surface area contributed by atoms with Gasteiger partial charge < -0.3 is 9.68 Å². The highest BCUT2D eigenvalue weighted by atomic mass is 16.6. The molecule has 0 radical (unpaired) electrons. The maximum absolute atomic E-state index is 4.80. The molecule has 0 unspecified atom stereocenters. The van der Waals surface area contributed by atoms with Crippen LogP contribution < -0.4 is 0 Å². The SMILES string of the molecule is CON=C1CC2CC(=NOC)CC2C1. The van der Waals surface area contributed by atoms with Gasteiger partial charge in [-0.05, 0) is 37.5 Å². The van der Waals surface area contributed by atoms with Crippen molar-refractivity contribution < 1.29 is 9.68 Å². The van der Waals surface area contributed by atoms with Crippen LogP contribution >= 0.6 is 0 Å². The number of fused-ring (bicyclic) bond motifs is 1. The maximum Gasteiger partial charge on any atom is 0.106 e. The summed E-state index contributed by atoms with van der Waals surface area (Å²) in [6.45, 7) is 0. The molecule has 2 aliphatic rings. The second-order valence-electron chi connectivity index (χ2n) is 4.02. The highest BCUT2D eigenvalue weighted by Gasteiger charge is 2.38. The van der Waals surface area contributed by atoms with Crippen molar-refractivity contribution in [2.24, 2.45) is 22.1 Å². The lowest BCUT2D eigenvalue weighted by atomic mass is 10.0. The molecule has 2 saturated carbocycles. The van der Waals surface area contributed by atoms with Crippen LogP contribution in [0.1, 0.15) is 25.7 Å². The molecule has 0 aliphatic heterocycles. The molecule has 0 saturated heterocycles. The molecule has 4 nitrogen and oxygen atoms in total. The first-order valence-corrected chi connectivity index (χ1v) is 5.01. The van der Waals surface area contributed by atoms with E-state index in [9.17, 15) is 0 Å². The average molecular weight is 196 g/mol. The first-order chi connectivity index (χ1) is 6.83. The monoisotopic (exact) mass is 196 g/mol.